The summed E-state index contributed by atoms with van der Waals surface area (Å²) in [6.07, 6.45) is 3.00. The zero-order valence-electron chi connectivity index (χ0n) is 9.59. The van der Waals surface area contributed by atoms with E-state index in [1.165, 1.54) is 0 Å². The molecule has 0 aliphatic carbocycles. The lowest BCUT2D eigenvalue weighted by atomic mass is 10.4. The van der Waals surface area contributed by atoms with Crippen molar-refractivity contribution in [2.75, 3.05) is 13.1 Å². The van der Waals surface area contributed by atoms with E-state index in [-0.39, 0.29) is 0 Å². The van der Waals surface area contributed by atoms with Gasteiger partial charge in [0.25, 0.3) is 0 Å². The first-order chi connectivity index (χ1) is 7.63. The van der Waals surface area contributed by atoms with Gasteiger partial charge in [0.2, 0.25) is 0 Å². The Bertz CT molecular complexity index is 331. The van der Waals surface area contributed by atoms with Crippen molar-refractivity contribution in [3.05, 3.63) is 16.4 Å². The van der Waals surface area contributed by atoms with Gasteiger partial charge in [0.15, 0.2) is 5.11 Å². The number of halogens is 1. The molecular formula is C10H17BrN4S. The second kappa shape index (κ2) is 6.85. The predicted molar refractivity (Wildman–Crippen MR) is 73.6 cm³/mol. The van der Waals surface area contributed by atoms with E-state index in [0.29, 0.717) is 0 Å². The second-order valence-electron chi connectivity index (χ2n) is 3.47. The fraction of sp³-hybridized carbons (Fsp3) is 0.600. The number of nitrogens with zero attached hydrogens (tertiary/aromatic N) is 2. The Labute approximate surface area is 110 Å². The third-order valence-electron chi connectivity index (χ3n) is 2.07. The third kappa shape index (κ3) is 4.49. The van der Waals surface area contributed by atoms with E-state index >= 15 is 0 Å². The molecule has 0 fully saturated rings. The van der Waals surface area contributed by atoms with Crippen LogP contribution in [-0.2, 0) is 6.54 Å². The summed E-state index contributed by atoms with van der Waals surface area (Å²) in [7, 11) is 0. The van der Waals surface area contributed by atoms with Crippen LogP contribution in [0.5, 0.6) is 0 Å². The van der Waals surface area contributed by atoms with Crippen LogP contribution in [0, 0.1) is 6.92 Å². The van der Waals surface area contributed by atoms with Gasteiger partial charge in [0, 0.05) is 25.8 Å². The van der Waals surface area contributed by atoms with Crippen molar-refractivity contribution in [1.82, 2.24) is 20.4 Å². The highest BCUT2D eigenvalue weighted by molar-refractivity contribution is 9.10. The summed E-state index contributed by atoms with van der Waals surface area (Å²) in [6, 6.07) is 0. The van der Waals surface area contributed by atoms with Crippen LogP contribution >= 0.6 is 28.1 Å². The minimum absolute atomic E-state index is 0.723. The third-order valence-corrected chi connectivity index (χ3v) is 3.14. The highest BCUT2D eigenvalue weighted by atomic mass is 79.9. The normalized spacial score (nSPS) is 10.2. The van der Waals surface area contributed by atoms with Crippen LogP contribution in [0.25, 0.3) is 0 Å². The van der Waals surface area contributed by atoms with Gasteiger partial charge in [-0.25, -0.2) is 0 Å². The Balaban J connectivity index is 2.18. The van der Waals surface area contributed by atoms with E-state index in [2.05, 4.69) is 31.7 Å². The highest BCUT2D eigenvalue weighted by Crippen LogP contribution is 2.12. The molecule has 1 rings (SSSR count). The first kappa shape index (κ1) is 13.4. The molecule has 1 aromatic rings. The molecular weight excluding hydrogens is 288 g/mol. The van der Waals surface area contributed by atoms with Gasteiger partial charge in [-0.1, -0.05) is 0 Å². The zero-order valence-corrected chi connectivity index (χ0v) is 12.0. The monoisotopic (exact) mass is 304 g/mol. The molecule has 0 unspecified atom stereocenters. The predicted octanol–water partition coefficient (Wildman–Crippen LogP) is 1.83. The van der Waals surface area contributed by atoms with Crippen molar-refractivity contribution in [2.24, 2.45) is 0 Å². The summed E-state index contributed by atoms with van der Waals surface area (Å²) in [4.78, 5) is 0. The molecule has 0 saturated heterocycles. The average Bonchev–Trinajstić information content (AvgIpc) is 2.54. The van der Waals surface area contributed by atoms with E-state index in [9.17, 15) is 0 Å². The van der Waals surface area contributed by atoms with Gasteiger partial charge in [-0.3, -0.25) is 4.68 Å². The molecule has 0 aromatic carbocycles. The maximum atomic E-state index is 5.06. The van der Waals surface area contributed by atoms with Crippen LogP contribution in [0.4, 0.5) is 0 Å². The van der Waals surface area contributed by atoms with Crippen LogP contribution in [0.2, 0.25) is 0 Å². The van der Waals surface area contributed by atoms with E-state index in [1.807, 2.05) is 24.7 Å². The SMILES string of the molecule is CCNC(=S)NCCCn1cc(Br)c(C)n1. The molecule has 0 amide bonds. The Kier molecular flexibility index (Phi) is 5.76. The van der Waals surface area contributed by atoms with Crippen LogP contribution in [0.1, 0.15) is 19.0 Å². The van der Waals surface area contributed by atoms with Crippen molar-refractivity contribution >= 4 is 33.3 Å². The lowest BCUT2D eigenvalue weighted by Crippen LogP contribution is -2.35. The first-order valence-electron chi connectivity index (χ1n) is 5.34. The Morgan fingerprint density at radius 3 is 2.88 bits per heavy atom. The molecule has 1 heterocycles. The number of hydrogen-bond acceptors (Lipinski definition) is 2. The first-order valence-corrected chi connectivity index (χ1v) is 6.55. The number of rotatable bonds is 5. The molecule has 0 bridgehead atoms. The summed E-state index contributed by atoms with van der Waals surface area (Å²) in [5, 5.41) is 11.3. The van der Waals surface area contributed by atoms with Crippen LogP contribution in [0.3, 0.4) is 0 Å². The minimum atomic E-state index is 0.723. The van der Waals surface area contributed by atoms with E-state index in [1.54, 1.807) is 0 Å². The van der Waals surface area contributed by atoms with Crippen LogP contribution in [-0.4, -0.2) is 28.0 Å². The van der Waals surface area contributed by atoms with Gasteiger partial charge in [0.05, 0.1) is 10.2 Å². The van der Waals surface area contributed by atoms with Gasteiger partial charge < -0.3 is 10.6 Å². The highest BCUT2D eigenvalue weighted by Gasteiger charge is 2.00. The summed E-state index contributed by atoms with van der Waals surface area (Å²) in [5.41, 5.74) is 1.02. The van der Waals surface area contributed by atoms with Gasteiger partial charge >= 0.3 is 0 Å². The van der Waals surface area contributed by atoms with Gasteiger partial charge in [-0.05, 0) is 48.4 Å². The minimum Gasteiger partial charge on any atom is -0.363 e. The molecule has 0 radical (unpaired) electrons. The lowest BCUT2D eigenvalue weighted by molar-refractivity contribution is 0.568. The fourth-order valence-electron chi connectivity index (χ4n) is 1.27. The molecule has 0 spiro atoms. The van der Waals surface area contributed by atoms with E-state index in [4.69, 9.17) is 12.2 Å². The number of hydrogen-bond donors (Lipinski definition) is 2. The molecule has 1 aromatic heterocycles. The standard InChI is InChI=1S/C10H17BrN4S/c1-3-12-10(16)13-5-4-6-15-7-9(11)8(2)14-15/h7H,3-6H2,1-2H3,(H2,12,13,16). The van der Waals surface area contributed by atoms with Crippen molar-refractivity contribution in [1.29, 1.82) is 0 Å². The van der Waals surface area contributed by atoms with Crippen molar-refractivity contribution < 1.29 is 0 Å². The zero-order chi connectivity index (χ0) is 12.0. The van der Waals surface area contributed by atoms with Crippen molar-refractivity contribution in [3.8, 4) is 0 Å². The lowest BCUT2D eigenvalue weighted by Gasteiger charge is -2.08. The van der Waals surface area contributed by atoms with Gasteiger partial charge in [-0.15, -0.1) is 0 Å². The summed E-state index contributed by atoms with van der Waals surface area (Å²) >= 11 is 8.50. The summed E-state index contributed by atoms with van der Waals surface area (Å²) < 4.78 is 3.00. The molecule has 16 heavy (non-hydrogen) atoms. The molecule has 0 atom stereocenters. The van der Waals surface area contributed by atoms with Gasteiger partial charge in [-0.2, -0.15) is 5.10 Å². The maximum Gasteiger partial charge on any atom is 0.166 e. The number of aryl methyl sites for hydroxylation is 2. The number of aromatic nitrogens is 2. The molecule has 90 valence electrons. The Morgan fingerprint density at radius 2 is 2.31 bits per heavy atom. The van der Waals surface area contributed by atoms with E-state index in [0.717, 1.165) is 41.3 Å². The van der Waals surface area contributed by atoms with Crippen molar-refractivity contribution in [2.45, 2.75) is 26.8 Å². The summed E-state index contributed by atoms with van der Waals surface area (Å²) in [6.45, 7) is 6.63. The quantitative estimate of drug-likeness (QED) is 0.643. The largest absolute Gasteiger partial charge is 0.363 e. The maximum absolute atomic E-state index is 5.06. The molecule has 6 heteroatoms. The summed E-state index contributed by atoms with van der Waals surface area (Å²) in [5.74, 6) is 0. The Morgan fingerprint density at radius 1 is 1.56 bits per heavy atom. The fourth-order valence-corrected chi connectivity index (χ4v) is 1.84. The Hall–Kier alpha value is -0.620. The number of nitrogens with one attached hydrogen (secondary N) is 2. The topological polar surface area (TPSA) is 41.9 Å². The molecule has 2 N–H and O–H groups in total. The van der Waals surface area contributed by atoms with Crippen molar-refractivity contribution in [3.63, 3.8) is 0 Å². The van der Waals surface area contributed by atoms with Crippen LogP contribution in [0.15, 0.2) is 10.7 Å². The smallest absolute Gasteiger partial charge is 0.166 e. The van der Waals surface area contributed by atoms with E-state index < -0.39 is 0 Å². The van der Waals surface area contributed by atoms with Crippen LogP contribution < -0.4 is 10.6 Å². The molecule has 0 aliphatic heterocycles. The van der Waals surface area contributed by atoms with Gasteiger partial charge in [0.1, 0.15) is 0 Å². The molecule has 0 aliphatic rings. The second-order valence-corrected chi connectivity index (χ2v) is 4.73. The number of thiocarbonyl (C=S) groups is 1. The molecule has 0 saturated carbocycles. The molecule has 4 nitrogen and oxygen atoms in total. The average molecular weight is 305 g/mol.